The highest BCUT2D eigenvalue weighted by atomic mass is 19.3. The zero-order valence-electron chi connectivity index (χ0n) is 15.9. The molecule has 0 amide bonds. The van der Waals surface area contributed by atoms with Crippen molar-refractivity contribution in [3.63, 3.8) is 0 Å². The largest absolute Gasteiger partial charge is 0.493 e. The van der Waals surface area contributed by atoms with Crippen molar-refractivity contribution in [2.45, 2.75) is 27.1 Å². The average molecular weight is 411 g/mol. The van der Waals surface area contributed by atoms with Crippen molar-refractivity contribution in [1.82, 2.24) is 0 Å². The number of nitro benzene ring substituents is 1. The molecule has 0 N–H and O–H groups in total. The van der Waals surface area contributed by atoms with Crippen molar-refractivity contribution < 1.29 is 37.4 Å². The number of hydrogen-bond acceptors (Lipinski definition) is 7. The number of rotatable bonds is 9. The fourth-order valence-corrected chi connectivity index (χ4v) is 2.37. The van der Waals surface area contributed by atoms with E-state index < -0.39 is 42.2 Å². The second-order valence-electron chi connectivity index (χ2n) is 5.96. The number of benzene rings is 2. The van der Waals surface area contributed by atoms with E-state index in [1.165, 1.54) is 7.11 Å². The third-order valence-corrected chi connectivity index (χ3v) is 4.00. The highest BCUT2D eigenvalue weighted by Gasteiger charge is 2.22. The quantitative estimate of drug-likeness (QED) is 0.350. The number of nitrogens with zero attached hydrogens (tertiary/aromatic N) is 1. The van der Waals surface area contributed by atoms with Gasteiger partial charge in [-0.15, -0.1) is 0 Å². The van der Waals surface area contributed by atoms with Crippen LogP contribution in [0.1, 0.15) is 16.7 Å². The lowest BCUT2D eigenvalue weighted by Crippen LogP contribution is -2.15. The lowest BCUT2D eigenvalue weighted by molar-refractivity contribution is -0.386. The number of esters is 1. The van der Waals surface area contributed by atoms with Gasteiger partial charge < -0.3 is 18.9 Å². The van der Waals surface area contributed by atoms with E-state index in [4.69, 9.17) is 14.2 Å². The standard InChI is InChI=1S/C19H19F2NO7/c1-11-4-5-14(6-12(11)2)27-10-18(23)28-9-13-7-16(26-3)17(29-19(20)21)8-15(13)22(24)25/h4-8,19H,9-10H2,1-3H3. The molecule has 0 aromatic heterocycles. The minimum atomic E-state index is -3.19. The molecule has 0 aliphatic rings. The molecule has 10 heteroatoms. The van der Waals surface area contributed by atoms with Crippen LogP contribution in [0.2, 0.25) is 0 Å². The van der Waals surface area contributed by atoms with Crippen LogP contribution in [0.5, 0.6) is 17.2 Å². The molecule has 2 rings (SSSR count). The van der Waals surface area contributed by atoms with Crippen LogP contribution in [0.25, 0.3) is 0 Å². The van der Waals surface area contributed by atoms with E-state index in [1.54, 1.807) is 12.1 Å². The van der Waals surface area contributed by atoms with Gasteiger partial charge in [-0.05, 0) is 43.2 Å². The first-order valence-electron chi connectivity index (χ1n) is 8.37. The Balaban J connectivity index is 2.06. The van der Waals surface area contributed by atoms with Crippen molar-refractivity contribution in [2.75, 3.05) is 13.7 Å². The van der Waals surface area contributed by atoms with E-state index in [-0.39, 0.29) is 11.3 Å². The third-order valence-electron chi connectivity index (χ3n) is 4.00. The van der Waals surface area contributed by atoms with E-state index >= 15 is 0 Å². The number of nitro groups is 1. The molecular formula is C19H19F2NO7. The van der Waals surface area contributed by atoms with Gasteiger partial charge in [0.15, 0.2) is 18.1 Å². The van der Waals surface area contributed by atoms with Gasteiger partial charge in [-0.1, -0.05) is 6.07 Å². The van der Waals surface area contributed by atoms with Gasteiger partial charge >= 0.3 is 12.6 Å². The topological polar surface area (TPSA) is 97.1 Å². The minimum absolute atomic E-state index is 0.0482. The SMILES string of the molecule is COc1cc(COC(=O)COc2ccc(C)c(C)c2)c([N+](=O)[O-])cc1OC(F)F. The first-order chi connectivity index (χ1) is 13.7. The maximum absolute atomic E-state index is 12.5. The van der Waals surface area contributed by atoms with Crippen LogP contribution in [0.15, 0.2) is 30.3 Å². The predicted octanol–water partition coefficient (Wildman–Crippen LogP) is 3.94. The van der Waals surface area contributed by atoms with E-state index in [1.807, 2.05) is 19.9 Å². The van der Waals surface area contributed by atoms with Crippen molar-refractivity contribution in [3.8, 4) is 17.2 Å². The Morgan fingerprint density at radius 1 is 1.14 bits per heavy atom. The minimum Gasteiger partial charge on any atom is -0.493 e. The molecular weight excluding hydrogens is 392 g/mol. The van der Waals surface area contributed by atoms with Crippen molar-refractivity contribution in [2.24, 2.45) is 0 Å². The van der Waals surface area contributed by atoms with Crippen molar-refractivity contribution in [1.29, 1.82) is 0 Å². The molecule has 0 spiro atoms. The normalized spacial score (nSPS) is 10.6. The maximum atomic E-state index is 12.5. The molecule has 0 saturated heterocycles. The van der Waals surface area contributed by atoms with Crippen LogP contribution in [-0.2, 0) is 16.1 Å². The second kappa shape index (κ2) is 9.67. The molecule has 0 unspecified atom stereocenters. The first-order valence-corrected chi connectivity index (χ1v) is 8.37. The number of aryl methyl sites for hydroxylation is 2. The zero-order valence-corrected chi connectivity index (χ0v) is 15.9. The summed E-state index contributed by atoms with van der Waals surface area (Å²) in [7, 11) is 1.19. The van der Waals surface area contributed by atoms with Gasteiger partial charge in [-0.3, -0.25) is 10.1 Å². The van der Waals surface area contributed by atoms with Gasteiger partial charge in [0.25, 0.3) is 5.69 Å². The first kappa shape index (κ1) is 21.9. The summed E-state index contributed by atoms with van der Waals surface area (Å²) in [5.74, 6) is -0.939. The molecule has 0 saturated carbocycles. The van der Waals surface area contributed by atoms with Crippen LogP contribution in [-0.4, -0.2) is 31.2 Å². The summed E-state index contributed by atoms with van der Waals surface area (Å²) >= 11 is 0. The Hall–Kier alpha value is -3.43. The number of methoxy groups -OCH3 is 1. The van der Waals surface area contributed by atoms with Gasteiger partial charge in [-0.25, -0.2) is 4.79 Å². The number of alkyl halides is 2. The summed E-state index contributed by atoms with van der Waals surface area (Å²) in [5.41, 5.74) is 1.46. The molecule has 0 heterocycles. The molecule has 0 bridgehead atoms. The molecule has 2 aromatic carbocycles. The molecule has 0 aliphatic heterocycles. The van der Waals surface area contributed by atoms with Gasteiger partial charge in [-0.2, -0.15) is 8.78 Å². The third kappa shape index (κ3) is 6.03. The van der Waals surface area contributed by atoms with Gasteiger partial charge in [0.1, 0.15) is 12.4 Å². The molecule has 29 heavy (non-hydrogen) atoms. The smallest absolute Gasteiger partial charge is 0.387 e. The molecule has 156 valence electrons. The number of ether oxygens (including phenoxy) is 4. The predicted molar refractivity (Wildman–Crippen MR) is 97.5 cm³/mol. The average Bonchev–Trinajstić information content (AvgIpc) is 2.66. The van der Waals surface area contributed by atoms with Crippen molar-refractivity contribution >= 4 is 11.7 Å². The summed E-state index contributed by atoms with van der Waals surface area (Å²) in [6.07, 6.45) is 0. The van der Waals surface area contributed by atoms with Crippen LogP contribution >= 0.6 is 0 Å². The summed E-state index contributed by atoms with van der Waals surface area (Å²) in [6.45, 7) is -0.230. The monoisotopic (exact) mass is 411 g/mol. The maximum Gasteiger partial charge on any atom is 0.387 e. The van der Waals surface area contributed by atoms with Crippen LogP contribution < -0.4 is 14.2 Å². The molecule has 2 aromatic rings. The Morgan fingerprint density at radius 2 is 1.86 bits per heavy atom. The van der Waals surface area contributed by atoms with Gasteiger partial charge in [0.2, 0.25) is 0 Å². The number of carbonyl (C=O) groups is 1. The summed E-state index contributed by atoms with van der Waals surface area (Å²) in [6, 6.07) is 7.20. The van der Waals surface area contributed by atoms with E-state index in [0.717, 1.165) is 23.3 Å². The lowest BCUT2D eigenvalue weighted by Gasteiger charge is -2.12. The Morgan fingerprint density at radius 3 is 2.45 bits per heavy atom. The second-order valence-corrected chi connectivity index (χ2v) is 5.96. The van der Waals surface area contributed by atoms with Crippen LogP contribution in [0.3, 0.4) is 0 Å². The van der Waals surface area contributed by atoms with Gasteiger partial charge in [0, 0.05) is 0 Å². The van der Waals surface area contributed by atoms with Gasteiger partial charge in [0.05, 0.1) is 23.7 Å². The molecule has 0 atom stereocenters. The fourth-order valence-electron chi connectivity index (χ4n) is 2.37. The van der Waals surface area contributed by atoms with E-state index in [9.17, 15) is 23.7 Å². The van der Waals surface area contributed by atoms with E-state index in [0.29, 0.717) is 5.75 Å². The molecule has 0 radical (unpaired) electrons. The van der Waals surface area contributed by atoms with Crippen molar-refractivity contribution in [3.05, 3.63) is 57.1 Å². The Kier molecular flexibility index (Phi) is 7.29. The number of hydrogen-bond donors (Lipinski definition) is 0. The Labute approximate surface area is 165 Å². The molecule has 0 fully saturated rings. The van der Waals surface area contributed by atoms with E-state index in [2.05, 4.69) is 4.74 Å². The van der Waals surface area contributed by atoms with Crippen LogP contribution in [0.4, 0.5) is 14.5 Å². The lowest BCUT2D eigenvalue weighted by atomic mass is 10.1. The zero-order chi connectivity index (χ0) is 21.6. The number of carbonyl (C=O) groups excluding carboxylic acids is 1. The molecule has 0 aliphatic carbocycles. The molecule has 8 nitrogen and oxygen atoms in total. The fraction of sp³-hybridized carbons (Fsp3) is 0.316. The summed E-state index contributed by atoms with van der Waals surface area (Å²) in [4.78, 5) is 22.3. The highest BCUT2D eigenvalue weighted by molar-refractivity contribution is 5.71. The highest BCUT2D eigenvalue weighted by Crippen LogP contribution is 2.36. The van der Waals surface area contributed by atoms with Crippen LogP contribution in [0, 0.1) is 24.0 Å². The summed E-state index contributed by atoms with van der Waals surface area (Å²) in [5, 5.41) is 11.2. The Bertz CT molecular complexity index is 902. The summed E-state index contributed by atoms with van der Waals surface area (Å²) < 4.78 is 44.4. The number of halogens is 2.